The van der Waals surface area contributed by atoms with Crippen LogP contribution in [0.15, 0.2) is 23.1 Å². The molecule has 0 atom stereocenters. The molecule has 1 aromatic carbocycles. The summed E-state index contributed by atoms with van der Waals surface area (Å²) >= 11 is 0. The Labute approximate surface area is 128 Å². The Balaban J connectivity index is 2.23. The summed E-state index contributed by atoms with van der Waals surface area (Å²) in [6.45, 7) is 3.32. The van der Waals surface area contributed by atoms with Crippen LogP contribution >= 0.6 is 0 Å². The van der Waals surface area contributed by atoms with Crippen molar-refractivity contribution >= 4 is 15.7 Å². The lowest BCUT2D eigenvalue weighted by molar-refractivity contribution is -0.385. The minimum Gasteiger partial charge on any atom is -0.288 e. The zero-order valence-corrected chi connectivity index (χ0v) is 12.9. The van der Waals surface area contributed by atoms with Crippen molar-refractivity contribution in [2.75, 3.05) is 32.7 Å². The molecule has 0 spiro atoms. The van der Waals surface area contributed by atoms with Crippen LogP contribution in [0.1, 0.15) is 5.56 Å². The molecular formula is C13H16N4O4S. The lowest BCUT2D eigenvalue weighted by atomic mass is 10.2. The molecule has 118 valence electrons. The van der Waals surface area contributed by atoms with E-state index in [4.69, 9.17) is 5.26 Å². The largest absolute Gasteiger partial charge is 0.288 e. The first-order valence-electron chi connectivity index (χ1n) is 6.71. The van der Waals surface area contributed by atoms with Gasteiger partial charge in [-0.15, -0.1) is 0 Å². The maximum atomic E-state index is 12.6. The SMILES string of the molecule is Cc1ccc(S(=O)(=O)N2CCN(CC#N)CC2)cc1[N+](=O)[O-]. The van der Waals surface area contributed by atoms with Crippen molar-refractivity contribution in [3.63, 3.8) is 0 Å². The number of nitro benzene ring substituents is 1. The minimum absolute atomic E-state index is 0.0708. The average Bonchev–Trinajstić information content (AvgIpc) is 2.48. The van der Waals surface area contributed by atoms with Crippen molar-refractivity contribution in [3.8, 4) is 6.07 Å². The molecule has 1 aromatic rings. The molecule has 2 rings (SSSR count). The number of nitro groups is 1. The Morgan fingerprint density at radius 1 is 1.32 bits per heavy atom. The first kappa shape index (κ1) is 16.4. The van der Waals surface area contributed by atoms with E-state index in [1.807, 2.05) is 11.0 Å². The highest BCUT2D eigenvalue weighted by atomic mass is 32.2. The van der Waals surface area contributed by atoms with Gasteiger partial charge in [0.2, 0.25) is 10.0 Å². The lowest BCUT2D eigenvalue weighted by Crippen LogP contribution is -2.48. The van der Waals surface area contributed by atoms with E-state index >= 15 is 0 Å². The summed E-state index contributed by atoms with van der Waals surface area (Å²) in [5.74, 6) is 0. The van der Waals surface area contributed by atoms with Gasteiger partial charge < -0.3 is 0 Å². The molecule has 0 amide bonds. The summed E-state index contributed by atoms with van der Waals surface area (Å²) < 4.78 is 26.4. The highest BCUT2D eigenvalue weighted by Crippen LogP contribution is 2.25. The summed E-state index contributed by atoms with van der Waals surface area (Å²) in [5.41, 5.74) is 0.215. The lowest BCUT2D eigenvalue weighted by Gasteiger charge is -2.32. The van der Waals surface area contributed by atoms with Gasteiger partial charge in [0.1, 0.15) is 0 Å². The van der Waals surface area contributed by atoms with E-state index in [2.05, 4.69) is 0 Å². The third-order valence-electron chi connectivity index (χ3n) is 3.64. The number of hydrogen-bond donors (Lipinski definition) is 0. The number of piperazine rings is 1. The topological polar surface area (TPSA) is 108 Å². The van der Waals surface area contributed by atoms with E-state index in [0.29, 0.717) is 18.7 Å². The second-order valence-corrected chi connectivity index (χ2v) is 6.98. The second-order valence-electron chi connectivity index (χ2n) is 5.04. The monoisotopic (exact) mass is 324 g/mol. The first-order chi connectivity index (χ1) is 10.4. The molecule has 8 nitrogen and oxygen atoms in total. The van der Waals surface area contributed by atoms with E-state index in [1.54, 1.807) is 6.92 Å². The number of hydrogen-bond acceptors (Lipinski definition) is 6. The standard InChI is InChI=1S/C13H16N4O4S/c1-11-2-3-12(10-13(11)17(18)19)22(20,21)16-8-6-15(5-4-14)7-9-16/h2-3,10H,5-9H2,1H3. The van der Waals surface area contributed by atoms with Crippen molar-refractivity contribution < 1.29 is 13.3 Å². The molecule has 1 saturated heterocycles. The summed E-state index contributed by atoms with van der Waals surface area (Å²) in [6.07, 6.45) is 0. The molecule has 1 fully saturated rings. The van der Waals surface area contributed by atoms with Crippen molar-refractivity contribution in [2.45, 2.75) is 11.8 Å². The molecule has 22 heavy (non-hydrogen) atoms. The van der Waals surface area contributed by atoms with Gasteiger partial charge in [-0.05, 0) is 13.0 Å². The third kappa shape index (κ3) is 3.24. The molecule has 9 heteroatoms. The van der Waals surface area contributed by atoms with E-state index in [9.17, 15) is 18.5 Å². The fourth-order valence-corrected chi connectivity index (χ4v) is 3.77. The van der Waals surface area contributed by atoms with E-state index in [-0.39, 0.29) is 30.2 Å². The molecule has 0 saturated carbocycles. The quantitative estimate of drug-likeness (QED) is 0.459. The molecule has 0 radical (unpaired) electrons. The first-order valence-corrected chi connectivity index (χ1v) is 8.15. The highest BCUT2D eigenvalue weighted by Gasteiger charge is 2.29. The average molecular weight is 324 g/mol. The number of aryl methyl sites for hydroxylation is 1. The Kier molecular flexibility index (Phi) is 4.75. The smallest absolute Gasteiger partial charge is 0.273 e. The minimum atomic E-state index is -3.75. The van der Waals surface area contributed by atoms with Gasteiger partial charge in [0.15, 0.2) is 0 Å². The third-order valence-corrected chi connectivity index (χ3v) is 5.54. The molecule has 0 N–H and O–H groups in total. The van der Waals surface area contributed by atoms with Crippen molar-refractivity contribution in [1.82, 2.24) is 9.21 Å². The Morgan fingerprint density at radius 2 is 1.95 bits per heavy atom. The van der Waals surface area contributed by atoms with Gasteiger partial charge in [-0.3, -0.25) is 15.0 Å². The fourth-order valence-electron chi connectivity index (χ4n) is 2.32. The van der Waals surface area contributed by atoms with Gasteiger partial charge in [-0.25, -0.2) is 8.42 Å². The second kappa shape index (κ2) is 6.39. The Hall–Kier alpha value is -2.02. The van der Waals surface area contributed by atoms with Crippen molar-refractivity contribution in [1.29, 1.82) is 5.26 Å². The van der Waals surface area contributed by atoms with Crippen LogP contribution in [0.5, 0.6) is 0 Å². The van der Waals surface area contributed by atoms with Crippen LogP contribution in [0.25, 0.3) is 0 Å². The van der Waals surface area contributed by atoms with Gasteiger partial charge in [-0.2, -0.15) is 9.57 Å². The number of rotatable bonds is 4. The van der Waals surface area contributed by atoms with Gasteiger partial charge in [0.25, 0.3) is 5.69 Å². The van der Waals surface area contributed by atoms with Crippen LogP contribution in [0.4, 0.5) is 5.69 Å². The van der Waals surface area contributed by atoms with E-state index in [0.717, 1.165) is 6.07 Å². The van der Waals surface area contributed by atoms with Gasteiger partial charge in [0.05, 0.1) is 22.4 Å². The zero-order valence-electron chi connectivity index (χ0n) is 12.1. The van der Waals surface area contributed by atoms with Crippen molar-refractivity contribution in [3.05, 3.63) is 33.9 Å². The van der Waals surface area contributed by atoms with E-state index < -0.39 is 14.9 Å². The van der Waals surface area contributed by atoms with Crippen LogP contribution in [0.3, 0.4) is 0 Å². The predicted octanol–water partition coefficient (Wildman–Crippen LogP) is 0.733. The van der Waals surface area contributed by atoms with Crippen LogP contribution in [0.2, 0.25) is 0 Å². The summed E-state index contributed by atoms with van der Waals surface area (Å²) in [4.78, 5) is 12.2. The highest BCUT2D eigenvalue weighted by molar-refractivity contribution is 7.89. The number of sulfonamides is 1. The zero-order chi connectivity index (χ0) is 16.3. The number of nitriles is 1. The molecule has 0 aromatic heterocycles. The van der Waals surface area contributed by atoms with Crippen molar-refractivity contribution in [2.24, 2.45) is 0 Å². The normalized spacial score (nSPS) is 17.1. The molecule has 0 unspecified atom stereocenters. The van der Waals surface area contributed by atoms with Gasteiger partial charge in [-0.1, -0.05) is 6.07 Å². The van der Waals surface area contributed by atoms with Gasteiger partial charge in [0, 0.05) is 37.8 Å². The van der Waals surface area contributed by atoms with Crippen LogP contribution in [-0.2, 0) is 10.0 Å². The molecule has 1 aliphatic rings. The molecular weight excluding hydrogens is 308 g/mol. The maximum absolute atomic E-state index is 12.6. The molecule has 0 aliphatic carbocycles. The fraction of sp³-hybridized carbons (Fsp3) is 0.462. The summed E-state index contributed by atoms with van der Waals surface area (Å²) in [7, 11) is -3.75. The Bertz CT molecular complexity index is 718. The van der Waals surface area contributed by atoms with Crippen LogP contribution in [-0.4, -0.2) is 55.3 Å². The summed E-state index contributed by atoms with van der Waals surface area (Å²) in [5, 5.41) is 19.6. The molecule has 0 bridgehead atoms. The van der Waals surface area contributed by atoms with Crippen LogP contribution in [0, 0.1) is 28.4 Å². The predicted molar refractivity (Wildman–Crippen MR) is 78.6 cm³/mol. The number of benzene rings is 1. The Morgan fingerprint density at radius 3 is 2.50 bits per heavy atom. The maximum Gasteiger partial charge on any atom is 0.273 e. The van der Waals surface area contributed by atoms with E-state index in [1.165, 1.54) is 16.4 Å². The summed E-state index contributed by atoms with van der Waals surface area (Å²) in [6, 6.07) is 5.96. The van der Waals surface area contributed by atoms with Gasteiger partial charge >= 0.3 is 0 Å². The number of nitrogens with zero attached hydrogens (tertiary/aromatic N) is 4. The molecule has 1 heterocycles. The molecule has 1 aliphatic heterocycles. The van der Waals surface area contributed by atoms with Crippen LogP contribution < -0.4 is 0 Å².